The highest BCUT2D eigenvalue weighted by Crippen LogP contribution is 2.32. The van der Waals surface area contributed by atoms with Crippen molar-refractivity contribution in [1.82, 2.24) is 30.7 Å². The smallest absolute Gasteiger partial charge is 0.104 e. The first-order chi connectivity index (χ1) is 15.8. The minimum Gasteiger partial charge on any atom is -0.375 e. The van der Waals surface area contributed by atoms with E-state index in [1.165, 1.54) is 0 Å². The van der Waals surface area contributed by atoms with E-state index in [2.05, 4.69) is 69.5 Å². The summed E-state index contributed by atoms with van der Waals surface area (Å²) in [7, 11) is 1.88. The van der Waals surface area contributed by atoms with Crippen molar-refractivity contribution in [1.29, 1.82) is 0 Å². The van der Waals surface area contributed by atoms with Gasteiger partial charge in [0.25, 0.3) is 0 Å². The van der Waals surface area contributed by atoms with Crippen LogP contribution in [-0.2, 0) is 0 Å². The van der Waals surface area contributed by atoms with E-state index in [1.807, 2.05) is 56.0 Å². The number of anilines is 1. The largest absolute Gasteiger partial charge is 0.375 e. The van der Waals surface area contributed by atoms with Gasteiger partial charge in [0.15, 0.2) is 0 Å². The summed E-state index contributed by atoms with van der Waals surface area (Å²) < 4.78 is 0. The number of hydrogen-bond acceptors (Lipinski definition) is 6. The second-order valence-corrected chi connectivity index (χ2v) is 9.39. The number of H-pyrrole nitrogens is 1. The molecule has 0 bridgehead atoms. The van der Waals surface area contributed by atoms with Gasteiger partial charge in [0, 0.05) is 67.3 Å². The molecule has 0 saturated carbocycles. The van der Waals surface area contributed by atoms with Crippen molar-refractivity contribution in [3.63, 3.8) is 0 Å². The number of aromatic nitrogens is 3. The quantitative estimate of drug-likeness (QED) is 0.516. The first-order valence-electron chi connectivity index (χ1n) is 11.2. The first-order valence-corrected chi connectivity index (χ1v) is 11.2. The number of pyridine rings is 1. The van der Waals surface area contributed by atoms with Gasteiger partial charge >= 0.3 is 0 Å². The average Bonchev–Trinajstić information content (AvgIpc) is 3.27. The van der Waals surface area contributed by atoms with E-state index in [-0.39, 0.29) is 0 Å². The fraction of sp³-hybridized carbons (Fsp3) is 0.308. The SMILES string of the molecule is C=C1/C=C\C(c2cc(N/C(=C/c3cn[nH]c3)NC)ccn2)=C/N/C(C(C)N2CC(C)(C)C2)=C\1. The second-order valence-electron chi connectivity index (χ2n) is 9.39. The zero-order chi connectivity index (χ0) is 23.4. The molecule has 33 heavy (non-hydrogen) atoms. The molecule has 4 N–H and O–H groups in total. The van der Waals surface area contributed by atoms with Crippen LogP contribution in [0.2, 0.25) is 0 Å². The third-order valence-electron chi connectivity index (χ3n) is 5.91. The van der Waals surface area contributed by atoms with Crippen LogP contribution >= 0.6 is 0 Å². The molecular formula is C26H33N7. The van der Waals surface area contributed by atoms with Crippen molar-refractivity contribution >= 4 is 17.3 Å². The molecule has 2 aliphatic rings. The zero-order valence-electron chi connectivity index (χ0n) is 19.8. The van der Waals surface area contributed by atoms with Crippen molar-refractivity contribution in [3.05, 3.63) is 90.1 Å². The molecule has 0 amide bonds. The lowest BCUT2D eigenvalue weighted by atomic mass is 9.83. The summed E-state index contributed by atoms with van der Waals surface area (Å²) in [6.45, 7) is 13.3. The molecule has 1 unspecified atom stereocenters. The Morgan fingerprint density at radius 1 is 1.30 bits per heavy atom. The molecule has 1 atom stereocenters. The van der Waals surface area contributed by atoms with Gasteiger partial charge in [-0.1, -0.05) is 32.6 Å². The van der Waals surface area contributed by atoms with Crippen molar-refractivity contribution < 1.29 is 0 Å². The molecule has 0 aromatic carbocycles. The molecule has 7 nitrogen and oxygen atoms in total. The van der Waals surface area contributed by atoms with E-state index in [1.54, 1.807) is 6.20 Å². The van der Waals surface area contributed by atoms with E-state index in [0.717, 1.165) is 52.7 Å². The molecule has 7 heteroatoms. The summed E-state index contributed by atoms with van der Waals surface area (Å²) in [5, 5.41) is 16.9. The number of likely N-dealkylation sites (tertiary alicyclic amines) is 1. The summed E-state index contributed by atoms with van der Waals surface area (Å²) in [5.74, 6) is 0.860. The minimum atomic E-state index is 0.297. The van der Waals surface area contributed by atoms with Gasteiger partial charge in [0.1, 0.15) is 5.82 Å². The predicted molar refractivity (Wildman–Crippen MR) is 136 cm³/mol. The highest BCUT2D eigenvalue weighted by atomic mass is 15.2. The Bertz CT molecular complexity index is 1110. The minimum absolute atomic E-state index is 0.297. The predicted octanol–water partition coefficient (Wildman–Crippen LogP) is 4.11. The van der Waals surface area contributed by atoms with Gasteiger partial charge in [-0.25, -0.2) is 0 Å². The van der Waals surface area contributed by atoms with Crippen LogP contribution in [0.4, 0.5) is 5.69 Å². The van der Waals surface area contributed by atoms with E-state index in [0.29, 0.717) is 11.5 Å². The number of hydrogen-bond donors (Lipinski definition) is 4. The van der Waals surface area contributed by atoms with Crippen LogP contribution in [0.1, 0.15) is 32.0 Å². The molecule has 2 aromatic heterocycles. The molecule has 0 radical (unpaired) electrons. The van der Waals surface area contributed by atoms with Crippen molar-refractivity contribution in [2.45, 2.75) is 26.8 Å². The van der Waals surface area contributed by atoms with Crippen LogP contribution < -0.4 is 16.0 Å². The molecule has 0 spiro atoms. The Hall–Kier alpha value is -3.58. The van der Waals surface area contributed by atoms with Crippen molar-refractivity contribution in [3.8, 4) is 0 Å². The standard InChI is InChI=1S/C26H33N7/c1-18-6-7-21(15-29-23(10-18)19(2)33-16-26(3,4)17-33)24-12-22(8-9-28-24)32-25(27-5)11-20-13-30-31-14-20/h6-15,19,27,29H,1,16-17H2,2-5H3,(H,28,32)(H,30,31)/b7-6-,21-15+,23-10-,25-11+. The summed E-state index contributed by atoms with van der Waals surface area (Å²) in [6.07, 6.45) is 15.7. The third kappa shape index (κ3) is 5.62. The van der Waals surface area contributed by atoms with Gasteiger partial charge < -0.3 is 16.0 Å². The maximum Gasteiger partial charge on any atom is 0.104 e. The van der Waals surface area contributed by atoms with Gasteiger partial charge in [0.2, 0.25) is 0 Å². The van der Waals surface area contributed by atoms with Gasteiger partial charge in [-0.05, 0) is 42.2 Å². The number of nitrogens with one attached hydrogen (secondary N) is 4. The Labute approximate surface area is 196 Å². The lowest BCUT2D eigenvalue weighted by Crippen LogP contribution is -2.57. The molecule has 2 aromatic rings. The first kappa shape index (κ1) is 22.6. The van der Waals surface area contributed by atoms with Crippen LogP contribution in [0.3, 0.4) is 0 Å². The summed E-state index contributed by atoms with van der Waals surface area (Å²) in [5.41, 5.74) is 6.28. The van der Waals surface area contributed by atoms with Crippen LogP contribution in [0.5, 0.6) is 0 Å². The van der Waals surface area contributed by atoms with Crippen molar-refractivity contribution in [2.24, 2.45) is 5.41 Å². The highest BCUT2D eigenvalue weighted by Gasteiger charge is 2.37. The van der Waals surface area contributed by atoms with Gasteiger partial charge in [0.05, 0.1) is 11.9 Å². The second kappa shape index (κ2) is 9.50. The maximum absolute atomic E-state index is 4.61. The molecular weight excluding hydrogens is 410 g/mol. The fourth-order valence-electron chi connectivity index (χ4n) is 4.12. The van der Waals surface area contributed by atoms with Crippen LogP contribution in [0.25, 0.3) is 11.6 Å². The maximum atomic E-state index is 4.61. The molecule has 2 aliphatic heterocycles. The molecule has 4 heterocycles. The molecule has 172 valence electrons. The molecule has 0 aliphatic carbocycles. The number of allylic oxidation sites excluding steroid dienone is 5. The Kier molecular flexibility index (Phi) is 6.51. The van der Waals surface area contributed by atoms with Gasteiger partial charge in [-0.15, -0.1) is 0 Å². The van der Waals surface area contributed by atoms with Crippen LogP contribution in [-0.4, -0.2) is 46.3 Å². The lowest BCUT2D eigenvalue weighted by Gasteiger charge is -2.49. The molecule has 1 fully saturated rings. The normalized spacial score (nSPS) is 23.5. The average molecular weight is 444 g/mol. The van der Waals surface area contributed by atoms with E-state index >= 15 is 0 Å². The van der Waals surface area contributed by atoms with Crippen LogP contribution in [0.15, 0.2) is 78.8 Å². The Balaban J connectivity index is 1.52. The molecule has 4 rings (SSSR count). The third-order valence-corrected chi connectivity index (χ3v) is 5.91. The fourth-order valence-corrected chi connectivity index (χ4v) is 4.12. The Morgan fingerprint density at radius 2 is 2.12 bits per heavy atom. The highest BCUT2D eigenvalue weighted by molar-refractivity contribution is 5.75. The van der Waals surface area contributed by atoms with E-state index < -0.39 is 0 Å². The lowest BCUT2D eigenvalue weighted by molar-refractivity contribution is 0.00962. The van der Waals surface area contributed by atoms with E-state index in [4.69, 9.17) is 0 Å². The Morgan fingerprint density at radius 3 is 2.82 bits per heavy atom. The summed E-state index contributed by atoms with van der Waals surface area (Å²) >= 11 is 0. The zero-order valence-corrected chi connectivity index (χ0v) is 19.8. The van der Waals surface area contributed by atoms with Gasteiger partial charge in [-0.3, -0.25) is 15.0 Å². The number of nitrogens with zero attached hydrogens (tertiary/aromatic N) is 3. The molecule has 1 saturated heterocycles. The van der Waals surface area contributed by atoms with Gasteiger partial charge in [-0.2, -0.15) is 5.10 Å². The summed E-state index contributed by atoms with van der Waals surface area (Å²) in [4.78, 5) is 7.09. The number of rotatable bonds is 7. The van der Waals surface area contributed by atoms with Crippen LogP contribution in [0, 0.1) is 5.41 Å². The summed E-state index contributed by atoms with van der Waals surface area (Å²) in [6, 6.07) is 4.28. The van der Waals surface area contributed by atoms with E-state index in [9.17, 15) is 0 Å². The van der Waals surface area contributed by atoms with Crippen molar-refractivity contribution in [2.75, 3.05) is 25.5 Å². The number of aromatic amines is 1. The topological polar surface area (TPSA) is 80.9 Å². The monoisotopic (exact) mass is 443 g/mol.